The summed E-state index contributed by atoms with van der Waals surface area (Å²) in [6.45, 7) is 0. The number of rotatable bonds is 3. The zero-order valence-electron chi connectivity index (χ0n) is 10.9. The van der Waals surface area contributed by atoms with Crippen molar-refractivity contribution in [2.45, 2.75) is 62.8 Å². The van der Waals surface area contributed by atoms with Gasteiger partial charge in [0.15, 0.2) is 0 Å². The molecule has 2 aliphatic rings. The fourth-order valence-electron chi connectivity index (χ4n) is 2.97. The van der Waals surface area contributed by atoms with Crippen molar-refractivity contribution in [2.24, 2.45) is 0 Å². The maximum atomic E-state index is 12.1. The lowest BCUT2D eigenvalue weighted by Crippen LogP contribution is -2.48. The van der Waals surface area contributed by atoms with Crippen molar-refractivity contribution in [1.29, 1.82) is 0 Å². The molecule has 2 rings (SSSR count). The second-order valence-electron chi connectivity index (χ2n) is 5.38. The fourth-order valence-corrected chi connectivity index (χ4v) is 2.97. The van der Waals surface area contributed by atoms with Crippen LogP contribution in [-0.4, -0.2) is 42.2 Å². The molecule has 112 valence electrons. The van der Waals surface area contributed by atoms with E-state index in [9.17, 15) is 18.0 Å². The molecule has 1 amide bonds. The average Bonchev–Trinajstić information content (AvgIpc) is 2.63. The zero-order valence-corrected chi connectivity index (χ0v) is 11.7. The minimum Gasteiger partial charge on any atom is -0.343 e. The molecule has 2 heterocycles. The molecule has 2 aliphatic heterocycles. The van der Waals surface area contributed by atoms with E-state index in [1.54, 1.807) is 7.05 Å². The minimum atomic E-state index is -4.25. The van der Waals surface area contributed by atoms with Crippen molar-refractivity contribution in [2.75, 3.05) is 7.05 Å². The van der Waals surface area contributed by atoms with Gasteiger partial charge in [-0.3, -0.25) is 4.79 Å². The molecular weight excluding hydrogens is 281 g/mol. The van der Waals surface area contributed by atoms with Crippen LogP contribution in [0.1, 0.15) is 38.5 Å². The van der Waals surface area contributed by atoms with Crippen molar-refractivity contribution in [3.8, 4) is 0 Å². The first-order chi connectivity index (χ1) is 8.35. The van der Waals surface area contributed by atoms with Gasteiger partial charge in [-0.2, -0.15) is 13.2 Å². The number of carbonyl (C=O) groups is 1. The molecule has 2 saturated heterocycles. The van der Waals surface area contributed by atoms with Crippen LogP contribution in [0, 0.1) is 0 Å². The molecule has 0 aromatic rings. The summed E-state index contributed by atoms with van der Waals surface area (Å²) in [5.41, 5.74) is 0. The van der Waals surface area contributed by atoms with Gasteiger partial charge < -0.3 is 10.2 Å². The van der Waals surface area contributed by atoms with Crippen LogP contribution in [0.5, 0.6) is 0 Å². The molecule has 2 bridgehead atoms. The number of amides is 1. The van der Waals surface area contributed by atoms with Crippen molar-refractivity contribution in [1.82, 2.24) is 10.2 Å². The molecule has 19 heavy (non-hydrogen) atoms. The topological polar surface area (TPSA) is 32.3 Å². The first-order valence-corrected chi connectivity index (χ1v) is 6.43. The van der Waals surface area contributed by atoms with Crippen molar-refractivity contribution < 1.29 is 18.0 Å². The Morgan fingerprint density at radius 2 is 1.79 bits per heavy atom. The van der Waals surface area contributed by atoms with Crippen molar-refractivity contribution in [3.05, 3.63) is 0 Å². The summed E-state index contributed by atoms with van der Waals surface area (Å²) in [5, 5.41) is 3.45. The van der Waals surface area contributed by atoms with Gasteiger partial charge in [-0.05, 0) is 25.7 Å². The first-order valence-electron chi connectivity index (χ1n) is 6.43. The third-order valence-electron chi connectivity index (χ3n) is 4.01. The summed E-state index contributed by atoms with van der Waals surface area (Å²) >= 11 is 0. The van der Waals surface area contributed by atoms with Gasteiger partial charge in [-0.1, -0.05) is 0 Å². The Balaban J connectivity index is 0.00000180. The van der Waals surface area contributed by atoms with Gasteiger partial charge in [0, 0.05) is 31.6 Å². The molecule has 0 aromatic carbocycles. The van der Waals surface area contributed by atoms with Crippen LogP contribution in [0.2, 0.25) is 0 Å². The average molecular weight is 301 g/mol. The summed E-state index contributed by atoms with van der Waals surface area (Å²) in [7, 11) is 1.63. The third kappa shape index (κ3) is 4.53. The van der Waals surface area contributed by atoms with Gasteiger partial charge in [-0.25, -0.2) is 0 Å². The maximum Gasteiger partial charge on any atom is 0.389 e. The van der Waals surface area contributed by atoms with Gasteiger partial charge in [0.25, 0.3) is 0 Å². The smallest absolute Gasteiger partial charge is 0.343 e. The molecule has 2 unspecified atom stereocenters. The second kappa shape index (κ2) is 6.31. The molecule has 3 nitrogen and oxygen atoms in total. The second-order valence-corrected chi connectivity index (χ2v) is 5.38. The Labute approximate surface area is 117 Å². The monoisotopic (exact) mass is 300 g/mol. The maximum absolute atomic E-state index is 12.1. The fraction of sp³-hybridized carbons (Fsp3) is 0.917. The largest absolute Gasteiger partial charge is 0.389 e. The zero-order chi connectivity index (χ0) is 13.3. The summed E-state index contributed by atoms with van der Waals surface area (Å²) in [6, 6.07) is 0.975. The number of fused-ring (bicyclic) bond motifs is 2. The van der Waals surface area contributed by atoms with Crippen LogP contribution in [0.4, 0.5) is 13.2 Å². The van der Waals surface area contributed by atoms with E-state index in [-0.39, 0.29) is 18.4 Å². The number of hydrogen-bond donors (Lipinski definition) is 1. The van der Waals surface area contributed by atoms with Gasteiger partial charge >= 0.3 is 6.18 Å². The number of nitrogens with one attached hydrogen (secondary N) is 1. The third-order valence-corrected chi connectivity index (χ3v) is 4.01. The summed E-state index contributed by atoms with van der Waals surface area (Å²) < 4.78 is 36.2. The number of alkyl halides is 3. The lowest BCUT2D eigenvalue weighted by Gasteiger charge is -2.35. The lowest BCUT2D eigenvalue weighted by molar-refractivity contribution is -0.149. The highest BCUT2D eigenvalue weighted by Gasteiger charge is 2.37. The van der Waals surface area contributed by atoms with Gasteiger partial charge in [0.2, 0.25) is 5.91 Å². The van der Waals surface area contributed by atoms with E-state index < -0.39 is 24.9 Å². The molecule has 0 aromatic heterocycles. The summed E-state index contributed by atoms with van der Waals surface area (Å²) in [6.07, 6.45) is -1.73. The van der Waals surface area contributed by atoms with Crippen LogP contribution in [-0.2, 0) is 4.79 Å². The SMILES string of the molecule is CN(C(=O)CCC(F)(F)F)C1CC2CCC(C1)N2.Cl. The number of nitrogens with zero attached hydrogens (tertiary/aromatic N) is 1. The molecule has 0 spiro atoms. The highest BCUT2D eigenvalue weighted by atomic mass is 35.5. The summed E-state index contributed by atoms with van der Waals surface area (Å²) in [5.74, 6) is -0.390. The van der Waals surface area contributed by atoms with Gasteiger partial charge in [-0.15, -0.1) is 12.4 Å². The Morgan fingerprint density at radius 1 is 1.26 bits per heavy atom. The van der Waals surface area contributed by atoms with E-state index in [1.165, 1.54) is 4.90 Å². The van der Waals surface area contributed by atoms with Crippen LogP contribution in [0.15, 0.2) is 0 Å². The Morgan fingerprint density at radius 3 is 2.26 bits per heavy atom. The highest BCUT2D eigenvalue weighted by Crippen LogP contribution is 2.30. The first kappa shape index (κ1) is 16.6. The molecule has 0 aliphatic carbocycles. The minimum absolute atomic E-state index is 0. The number of piperidine rings is 1. The quantitative estimate of drug-likeness (QED) is 0.868. The van der Waals surface area contributed by atoms with Crippen molar-refractivity contribution >= 4 is 18.3 Å². The normalized spacial score (nSPS) is 29.8. The molecular formula is C12H20ClF3N2O. The lowest BCUT2D eigenvalue weighted by atomic mass is 9.98. The molecule has 0 saturated carbocycles. The van der Waals surface area contributed by atoms with E-state index in [4.69, 9.17) is 0 Å². The Kier molecular flexibility index (Phi) is 5.50. The molecule has 7 heteroatoms. The van der Waals surface area contributed by atoms with E-state index in [1.807, 2.05) is 0 Å². The van der Waals surface area contributed by atoms with Crippen LogP contribution in [0.25, 0.3) is 0 Å². The molecule has 2 fully saturated rings. The van der Waals surface area contributed by atoms with Crippen LogP contribution >= 0.6 is 12.4 Å². The number of halogens is 4. The molecule has 2 atom stereocenters. The Hall–Kier alpha value is -0.490. The number of carbonyl (C=O) groups excluding carboxylic acids is 1. The van der Waals surface area contributed by atoms with E-state index >= 15 is 0 Å². The van der Waals surface area contributed by atoms with E-state index in [2.05, 4.69) is 5.32 Å². The number of hydrogen-bond acceptors (Lipinski definition) is 2. The van der Waals surface area contributed by atoms with Crippen LogP contribution < -0.4 is 5.32 Å². The highest BCUT2D eigenvalue weighted by molar-refractivity contribution is 5.85. The van der Waals surface area contributed by atoms with E-state index in [0.717, 1.165) is 25.7 Å². The molecule has 0 radical (unpaired) electrons. The van der Waals surface area contributed by atoms with Gasteiger partial charge in [0.05, 0.1) is 6.42 Å². The predicted molar refractivity (Wildman–Crippen MR) is 68.3 cm³/mol. The summed E-state index contributed by atoms with van der Waals surface area (Å²) in [4.78, 5) is 13.3. The predicted octanol–water partition coefficient (Wildman–Crippen LogP) is 2.49. The van der Waals surface area contributed by atoms with E-state index in [0.29, 0.717) is 12.1 Å². The molecule has 1 N–H and O–H groups in total. The van der Waals surface area contributed by atoms with Crippen LogP contribution in [0.3, 0.4) is 0 Å². The standard InChI is InChI=1S/C12H19F3N2O.ClH/c1-17(11(18)4-5-12(13,14)15)10-6-8-2-3-9(7-10)16-8;/h8-10,16H,2-7H2,1H3;1H. The Bertz CT molecular complexity index is 313. The van der Waals surface area contributed by atoms with Gasteiger partial charge in [0.1, 0.15) is 0 Å². The van der Waals surface area contributed by atoms with Crippen molar-refractivity contribution in [3.63, 3.8) is 0 Å².